The Hall–Kier alpha value is -3.01. The van der Waals surface area contributed by atoms with Crippen LogP contribution in [0.25, 0.3) is 0 Å². The molecular formula is C61H106N2O6Si. The minimum atomic E-state index is -2.55. The number of rotatable bonds is 45. The second-order valence-corrected chi connectivity index (χ2v) is 25.9. The third kappa shape index (κ3) is 28.3. The van der Waals surface area contributed by atoms with Crippen LogP contribution in [0.15, 0.2) is 60.7 Å². The molecule has 2 rings (SSSR count). The van der Waals surface area contributed by atoms with Gasteiger partial charge in [0.05, 0.1) is 13.2 Å². The molecule has 2 aromatic carbocycles. The summed E-state index contributed by atoms with van der Waals surface area (Å²) in [5.74, 6) is 0.103. The Morgan fingerprint density at radius 1 is 0.529 bits per heavy atom. The van der Waals surface area contributed by atoms with E-state index in [1.807, 2.05) is 0 Å². The highest BCUT2D eigenvalue weighted by atomic mass is 28.4. The first kappa shape index (κ1) is 63.1. The van der Waals surface area contributed by atoms with Gasteiger partial charge in [0.15, 0.2) is 0 Å². The van der Waals surface area contributed by atoms with E-state index in [9.17, 15) is 14.4 Å². The summed E-state index contributed by atoms with van der Waals surface area (Å²) in [4.78, 5) is 40.0. The molecule has 0 spiro atoms. The van der Waals surface area contributed by atoms with Gasteiger partial charge in [-0.2, -0.15) is 0 Å². The van der Waals surface area contributed by atoms with E-state index in [0.29, 0.717) is 38.0 Å². The van der Waals surface area contributed by atoms with Crippen molar-refractivity contribution in [2.45, 2.75) is 252 Å². The van der Waals surface area contributed by atoms with E-state index >= 15 is 0 Å². The van der Waals surface area contributed by atoms with Crippen LogP contribution < -0.4 is 15.7 Å². The molecule has 0 fully saturated rings. The van der Waals surface area contributed by atoms with Crippen molar-refractivity contribution in [1.29, 1.82) is 0 Å². The smallest absolute Gasteiger partial charge is 0.325 e. The molecule has 1 amide bonds. The van der Waals surface area contributed by atoms with Crippen molar-refractivity contribution in [2.24, 2.45) is 5.92 Å². The molecule has 70 heavy (non-hydrogen) atoms. The van der Waals surface area contributed by atoms with Gasteiger partial charge in [-0.3, -0.25) is 14.4 Å². The summed E-state index contributed by atoms with van der Waals surface area (Å²) < 4.78 is 18.4. The Labute approximate surface area is 431 Å². The van der Waals surface area contributed by atoms with Gasteiger partial charge in [-0.05, 0) is 85.7 Å². The Morgan fingerprint density at radius 3 is 1.47 bits per heavy atom. The minimum absolute atomic E-state index is 0.0196. The fourth-order valence-corrected chi connectivity index (χ4v) is 14.6. The molecule has 0 saturated carbocycles. The number of unbranched alkanes of at least 4 members (excludes halogenated alkanes) is 19. The van der Waals surface area contributed by atoms with E-state index in [0.717, 1.165) is 103 Å². The summed E-state index contributed by atoms with van der Waals surface area (Å²) in [6.07, 6.45) is 34.2. The second kappa shape index (κ2) is 40.5. The number of esters is 2. The van der Waals surface area contributed by atoms with E-state index < -0.39 is 8.32 Å². The van der Waals surface area contributed by atoms with Gasteiger partial charge in [-0.15, -0.1) is 0 Å². The lowest BCUT2D eigenvalue weighted by atomic mass is 9.91. The van der Waals surface area contributed by atoms with E-state index in [2.05, 4.69) is 108 Å². The van der Waals surface area contributed by atoms with Gasteiger partial charge < -0.3 is 24.1 Å². The summed E-state index contributed by atoms with van der Waals surface area (Å²) in [7, 11) is -0.800. The average molecular weight is 992 g/mol. The molecule has 0 bridgehead atoms. The van der Waals surface area contributed by atoms with Crippen LogP contribution in [0.5, 0.6) is 0 Å². The molecule has 400 valence electrons. The molecule has 9 heteroatoms. The number of nitrogens with one attached hydrogen (secondary N) is 1. The van der Waals surface area contributed by atoms with Crippen molar-refractivity contribution in [2.75, 3.05) is 40.0 Å². The Balaban J connectivity index is 1.84. The van der Waals surface area contributed by atoms with Crippen LogP contribution in [0, 0.1) is 5.92 Å². The Bertz CT molecular complexity index is 1530. The van der Waals surface area contributed by atoms with Gasteiger partial charge in [0, 0.05) is 32.5 Å². The number of carbonyl (C=O) groups is 3. The normalized spacial score (nSPS) is 12.7. The molecule has 0 aliphatic heterocycles. The van der Waals surface area contributed by atoms with Gasteiger partial charge in [-0.1, -0.05) is 231 Å². The lowest BCUT2D eigenvalue weighted by Gasteiger charge is -2.43. The maximum atomic E-state index is 13.3. The highest BCUT2D eigenvalue weighted by Gasteiger charge is 2.50. The number of hydrogen-bond acceptors (Lipinski definition) is 7. The summed E-state index contributed by atoms with van der Waals surface area (Å²) in [6.45, 7) is 16.3. The SMILES string of the molecule is CCCCCCCCCC(=O)OCCCCCC(CCCCCOC(=O)CN(C)C(=O)CC(CCCCCC)CCCCCCCC)NCCCCO[Si](c1ccccc1)(c1ccccc1)C(C)(C)C. The van der Waals surface area contributed by atoms with Gasteiger partial charge >= 0.3 is 11.9 Å². The zero-order valence-electron chi connectivity index (χ0n) is 46.3. The standard InChI is InChI=1S/C61H106N2O6Si/c1-8-11-14-17-19-21-34-47-59(65)67-49-36-24-28-41-55(62-48-35-38-51-69-70(61(4,5)6,56-43-30-22-31-44-56)57-45-32-23-33-46-57)42-29-25-37-50-68-60(66)53-63(7)58(64)52-54(39-26-16-13-10-3)40-27-20-18-15-12-9-2/h22-23,30-33,43-46,54-55,62H,8-21,24-29,34-42,47-53H2,1-7H3. The van der Waals surface area contributed by atoms with E-state index in [4.69, 9.17) is 13.9 Å². The molecule has 0 radical (unpaired) electrons. The molecule has 0 saturated heterocycles. The number of ether oxygens (including phenoxy) is 2. The topological polar surface area (TPSA) is 94.2 Å². The number of nitrogens with zero attached hydrogens (tertiary/aromatic N) is 1. The molecule has 2 unspecified atom stereocenters. The van der Waals surface area contributed by atoms with E-state index in [-0.39, 0.29) is 29.4 Å². The maximum absolute atomic E-state index is 13.3. The molecule has 8 nitrogen and oxygen atoms in total. The predicted molar refractivity (Wildman–Crippen MR) is 299 cm³/mol. The first-order valence-corrected chi connectivity index (χ1v) is 30.9. The third-order valence-electron chi connectivity index (χ3n) is 14.3. The molecular weight excluding hydrogens is 885 g/mol. The van der Waals surface area contributed by atoms with Gasteiger partial charge in [-0.25, -0.2) is 0 Å². The van der Waals surface area contributed by atoms with E-state index in [1.54, 1.807) is 11.9 Å². The number of hydrogen-bond donors (Lipinski definition) is 1. The highest BCUT2D eigenvalue weighted by molar-refractivity contribution is 6.99. The molecule has 2 atom stereocenters. The van der Waals surface area contributed by atoms with Gasteiger partial charge in [0.25, 0.3) is 8.32 Å². The molecule has 0 aliphatic rings. The van der Waals surface area contributed by atoms with Crippen LogP contribution in [-0.4, -0.2) is 77.1 Å². The maximum Gasteiger partial charge on any atom is 0.325 e. The first-order chi connectivity index (χ1) is 34.0. The largest absolute Gasteiger partial charge is 0.466 e. The summed E-state index contributed by atoms with van der Waals surface area (Å²) in [5, 5.41) is 6.50. The molecule has 0 heterocycles. The van der Waals surface area contributed by atoms with Crippen molar-refractivity contribution in [3.63, 3.8) is 0 Å². The lowest BCUT2D eigenvalue weighted by molar-refractivity contribution is -0.149. The van der Waals surface area contributed by atoms with Crippen LogP contribution >= 0.6 is 0 Å². The van der Waals surface area contributed by atoms with Crippen molar-refractivity contribution in [3.8, 4) is 0 Å². The number of likely N-dealkylation sites (N-methyl/N-ethyl adjacent to an activating group) is 1. The monoisotopic (exact) mass is 991 g/mol. The van der Waals surface area contributed by atoms with Gasteiger partial charge in [0.1, 0.15) is 6.54 Å². The van der Waals surface area contributed by atoms with Crippen LogP contribution in [0.4, 0.5) is 0 Å². The summed E-state index contributed by atoms with van der Waals surface area (Å²) in [6, 6.07) is 22.2. The number of carbonyl (C=O) groups excluding carboxylic acids is 3. The first-order valence-electron chi connectivity index (χ1n) is 29.0. The van der Waals surface area contributed by atoms with Crippen molar-refractivity contribution < 1.29 is 28.3 Å². The zero-order valence-corrected chi connectivity index (χ0v) is 47.3. The minimum Gasteiger partial charge on any atom is -0.466 e. The quantitative estimate of drug-likeness (QED) is 0.0401. The van der Waals surface area contributed by atoms with Crippen LogP contribution in [0.1, 0.15) is 241 Å². The third-order valence-corrected chi connectivity index (χ3v) is 19.4. The summed E-state index contributed by atoms with van der Waals surface area (Å²) in [5.41, 5.74) is 0. The highest BCUT2D eigenvalue weighted by Crippen LogP contribution is 2.37. The number of benzene rings is 2. The van der Waals surface area contributed by atoms with Crippen molar-refractivity contribution in [3.05, 3.63) is 60.7 Å². The zero-order chi connectivity index (χ0) is 51.0. The lowest BCUT2D eigenvalue weighted by Crippen LogP contribution is -2.66. The second-order valence-electron chi connectivity index (χ2n) is 21.6. The van der Waals surface area contributed by atoms with Crippen LogP contribution in [0.3, 0.4) is 0 Å². The van der Waals surface area contributed by atoms with E-state index in [1.165, 1.54) is 107 Å². The summed E-state index contributed by atoms with van der Waals surface area (Å²) >= 11 is 0. The Kier molecular flexibility index (Phi) is 36.5. The van der Waals surface area contributed by atoms with Gasteiger partial charge in [0.2, 0.25) is 5.91 Å². The van der Waals surface area contributed by atoms with Crippen LogP contribution in [0.2, 0.25) is 5.04 Å². The fourth-order valence-electron chi connectivity index (χ4n) is 10.0. The fraction of sp³-hybridized carbons (Fsp3) is 0.754. The van der Waals surface area contributed by atoms with Crippen LogP contribution in [-0.2, 0) is 28.3 Å². The molecule has 2 aromatic rings. The van der Waals surface area contributed by atoms with Crippen molar-refractivity contribution >= 4 is 36.5 Å². The molecule has 1 N–H and O–H groups in total. The van der Waals surface area contributed by atoms with Crippen molar-refractivity contribution in [1.82, 2.24) is 10.2 Å². The molecule has 0 aliphatic carbocycles. The molecule has 0 aromatic heterocycles. The number of amides is 1. The predicted octanol–water partition coefficient (Wildman–Crippen LogP) is 14.8. The average Bonchev–Trinajstić information content (AvgIpc) is 3.35. The Morgan fingerprint density at radius 2 is 0.957 bits per heavy atom.